The lowest BCUT2D eigenvalue weighted by Crippen LogP contribution is -2.27. The van der Waals surface area contributed by atoms with Crippen LogP contribution < -0.4 is 16.0 Å². The van der Waals surface area contributed by atoms with Crippen LogP contribution in [0.3, 0.4) is 0 Å². The van der Waals surface area contributed by atoms with Gasteiger partial charge in [-0.25, -0.2) is 0 Å². The number of anilines is 2. The Hall–Kier alpha value is -0.680. The average molecular weight is 367 g/mol. The summed E-state index contributed by atoms with van der Waals surface area (Å²) in [5.41, 5.74) is 1.75. The number of amides is 1. The van der Waals surface area contributed by atoms with Crippen LogP contribution in [0.15, 0.2) is 18.2 Å². The Labute approximate surface area is 148 Å². The molecule has 0 radical (unpaired) electrons. The SMILES string of the molecule is Cl.Cl.O=C(CC1CCCN1)Nc1cc(Cl)ccc1NC1CC1. The zero-order valence-corrected chi connectivity index (χ0v) is 14.6. The van der Waals surface area contributed by atoms with Crippen LogP contribution in [0, 0.1) is 0 Å². The molecule has 1 saturated carbocycles. The Morgan fingerprint density at radius 1 is 1.23 bits per heavy atom. The summed E-state index contributed by atoms with van der Waals surface area (Å²) in [6.07, 6.45) is 5.15. The molecule has 1 amide bonds. The van der Waals surface area contributed by atoms with E-state index >= 15 is 0 Å². The maximum atomic E-state index is 12.1. The van der Waals surface area contributed by atoms with Crippen molar-refractivity contribution < 1.29 is 4.79 Å². The van der Waals surface area contributed by atoms with Crippen molar-refractivity contribution in [3.05, 3.63) is 23.2 Å². The predicted molar refractivity (Wildman–Crippen MR) is 96.9 cm³/mol. The molecule has 22 heavy (non-hydrogen) atoms. The predicted octanol–water partition coefficient (Wildman–Crippen LogP) is 3.84. The van der Waals surface area contributed by atoms with Crippen molar-refractivity contribution in [2.75, 3.05) is 17.2 Å². The van der Waals surface area contributed by atoms with Gasteiger partial charge in [-0.15, -0.1) is 24.8 Å². The van der Waals surface area contributed by atoms with Crippen molar-refractivity contribution in [3.63, 3.8) is 0 Å². The van der Waals surface area contributed by atoms with Gasteiger partial charge in [-0.2, -0.15) is 0 Å². The van der Waals surface area contributed by atoms with E-state index in [2.05, 4.69) is 16.0 Å². The number of hydrogen-bond acceptors (Lipinski definition) is 3. The van der Waals surface area contributed by atoms with Gasteiger partial charge in [0.2, 0.25) is 5.91 Å². The number of halogens is 3. The highest BCUT2D eigenvalue weighted by atomic mass is 35.5. The highest BCUT2D eigenvalue weighted by Crippen LogP contribution is 2.31. The lowest BCUT2D eigenvalue weighted by molar-refractivity contribution is -0.116. The summed E-state index contributed by atoms with van der Waals surface area (Å²) < 4.78 is 0. The lowest BCUT2D eigenvalue weighted by Gasteiger charge is -2.15. The maximum absolute atomic E-state index is 12.1. The zero-order valence-electron chi connectivity index (χ0n) is 12.2. The minimum absolute atomic E-state index is 0. The summed E-state index contributed by atoms with van der Waals surface area (Å²) >= 11 is 6.03. The monoisotopic (exact) mass is 365 g/mol. The molecule has 2 fully saturated rings. The van der Waals surface area contributed by atoms with E-state index in [1.54, 1.807) is 0 Å². The van der Waals surface area contributed by atoms with Crippen molar-refractivity contribution >= 4 is 53.7 Å². The minimum atomic E-state index is 0. The first-order valence-electron chi connectivity index (χ1n) is 7.30. The fraction of sp³-hybridized carbons (Fsp3) is 0.533. The lowest BCUT2D eigenvalue weighted by atomic mass is 10.1. The van der Waals surface area contributed by atoms with Crippen molar-refractivity contribution in [3.8, 4) is 0 Å². The molecule has 0 bridgehead atoms. The van der Waals surface area contributed by atoms with Crippen molar-refractivity contribution in [2.45, 2.75) is 44.2 Å². The normalized spacial score (nSPS) is 19.8. The molecule has 3 N–H and O–H groups in total. The van der Waals surface area contributed by atoms with Crippen LogP contribution in [0.4, 0.5) is 11.4 Å². The van der Waals surface area contributed by atoms with Gasteiger partial charge in [0, 0.05) is 23.5 Å². The minimum Gasteiger partial charge on any atom is -0.381 e. The van der Waals surface area contributed by atoms with Gasteiger partial charge in [0.1, 0.15) is 0 Å². The van der Waals surface area contributed by atoms with Crippen LogP contribution in [-0.4, -0.2) is 24.5 Å². The second kappa shape index (κ2) is 8.82. The molecule has 7 heteroatoms. The van der Waals surface area contributed by atoms with Crippen LogP contribution in [0.1, 0.15) is 32.1 Å². The van der Waals surface area contributed by atoms with Gasteiger partial charge < -0.3 is 16.0 Å². The molecule has 1 aromatic carbocycles. The van der Waals surface area contributed by atoms with Gasteiger partial charge in [0.05, 0.1) is 11.4 Å². The standard InChI is InChI=1S/C15H20ClN3O.2ClH/c16-10-3-6-13(18-11-4-5-11)14(8-10)19-15(20)9-12-2-1-7-17-12;;/h3,6,8,11-12,17-18H,1-2,4-5,7,9H2,(H,19,20);2*1H. The molecule has 0 spiro atoms. The zero-order chi connectivity index (χ0) is 13.9. The van der Waals surface area contributed by atoms with Gasteiger partial charge >= 0.3 is 0 Å². The Bertz CT molecular complexity index is 503. The molecule has 2 aliphatic rings. The van der Waals surface area contributed by atoms with Gasteiger partial charge in [0.15, 0.2) is 0 Å². The molecule has 1 saturated heterocycles. The van der Waals surface area contributed by atoms with Gasteiger partial charge in [-0.05, 0) is 50.4 Å². The highest BCUT2D eigenvalue weighted by Gasteiger charge is 2.23. The van der Waals surface area contributed by atoms with E-state index in [1.807, 2.05) is 18.2 Å². The largest absolute Gasteiger partial charge is 0.381 e. The topological polar surface area (TPSA) is 53.2 Å². The van der Waals surface area contributed by atoms with Gasteiger partial charge in [0.25, 0.3) is 0 Å². The molecule has 1 aliphatic heterocycles. The number of carbonyl (C=O) groups excluding carboxylic acids is 1. The summed E-state index contributed by atoms with van der Waals surface area (Å²) in [7, 11) is 0. The van der Waals surface area contributed by atoms with Gasteiger partial charge in [-0.1, -0.05) is 11.6 Å². The molecule has 3 rings (SSSR count). The molecule has 4 nitrogen and oxygen atoms in total. The molecule has 124 valence electrons. The van der Waals surface area contributed by atoms with Crippen molar-refractivity contribution in [1.29, 1.82) is 0 Å². The van der Waals surface area contributed by atoms with E-state index in [0.717, 1.165) is 30.8 Å². The fourth-order valence-corrected chi connectivity index (χ4v) is 2.72. The van der Waals surface area contributed by atoms with Crippen molar-refractivity contribution in [2.24, 2.45) is 0 Å². The van der Waals surface area contributed by atoms with Crippen LogP contribution >= 0.6 is 36.4 Å². The van der Waals surface area contributed by atoms with E-state index in [4.69, 9.17) is 11.6 Å². The van der Waals surface area contributed by atoms with E-state index in [0.29, 0.717) is 23.5 Å². The number of nitrogens with one attached hydrogen (secondary N) is 3. The number of carbonyl (C=O) groups is 1. The van der Waals surface area contributed by atoms with E-state index in [9.17, 15) is 4.79 Å². The summed E-state index contributed by atoms with van der Waals surface area (Å²) in [6, 6.07) is 6.45. The Balaban J connectivity index is 0.00000121. The quantitative estimate of drug-likeness (QED) is 0.742. The third-order valence-electron chi connectivity index (χ3n) is 3.79. The highest BCUT2D eigenvalue weighted by molar-refractivity contribution is 6.31. The third kappa shape index (κ3) is 5.51. The van der Waals surface area contributed by atoms with E-state index in [-0.39, 0.29) is 30.7 Å². The smallest absolute Gasteiger partial charge is 0.225 e. The first kappa shape index (κ1) is 19.4. The molecular weight excluding hydrogens is 345 g/mol. The van der Waals surface area contributed by atoms with E-state index in [1.165, 1.54) is 12.8 Å². The first-order chi connectivity index (χ1) is 9.70. The molecular formula is C15H22Cl3N3O. The summed E-state index contributed by atoms with van der Waals surface area (Å²) in [5.74, 6) is 0.0468. The van der Waals surface area contributed by atoms with Crippen LogP contribution in [0.2, 0.25) is 5.02 Å². The molecule has 1 aromatic rings. The number of rotatable bonds is 5. The summed E-state index contributed by atoms with van der Waals surface area (Å²) in [4.78, 5) is 12.1. The van der Waals surface area contributed by atoms with Crippen molar-refractivity contribution in [1.82, 2.24) is 5.32 Å². The van der Waals surface area contributed by atoms with Crippen LogP contribution in [-0.2, 0) is 4.79 Å². The summed E-state index contributed by atoms with van der Waals surface area (Å²) in [6.45, 7) is 1.02. The third-order valence-corrected chi connectivity index (χ3v) is 4.02. The number of hydrogen-bond donors (Lipinski definition) is 3. The first-order valence-corrected chi connectivity index (χ1v) is 7.68. The Kier molecular flexibility index (Phi) is 7.77. The Morgan fingerprint density at radius 3 is 2.64 bits per heavy atom. The molecule has 1 unspecified atom stereocenters. The Morgan fingerprint density at radius 2 is 2.00 bits per heavy atom. The molecule has 0 aromatic heterocycles. The second-order valence-electron chi connectivity index (χ2n) is 5.65. The molecule has 1 atom stereocenters. The fourth-order valence-electron chi connectivity index (χ4n) is 2.55. The summed E-state index contributed by atoms with van der Waals surface area (Å²) in [5, 5.41) is 10.4. The maximum Gasteiger partial charge on any atom is 0.225 e. The van der Waals surface area contributed by atoms with Crippen LogP contribution in [0.25, 0.3) is 0 Å². The number of benzene rings is 1. The molecule has 1 heterocycles. The second-order valence-corrected chi connectivity index (χ2v) is 6.09. The van der Waals surface area contributed by atoms with E-state index < -0.39 is 0 Å². The average Bonchev–Trinajstić information content (AvgIpc) is 3.08. The van der Waals surface area contributed by atoms with Gasteiger partial charge in [-0.3, -0.25) is 4.79 Å². The van der Waals surface area contributed by atoms with Crippen LogP contribution in [0.5, 0.6) is 0 Å². The molecule has 1 aliphatic carbocycles.